The maximum Gasteiger partial charge on any atom is 0.253 e. The zero-order valence-corrected chi connectivity index (χ0v) is 12.7. The number of amides is 1. The Labute approximate surface area is 121 Å². The summed E-state index contributed by atoms with van der Waals surface area (Å²) >= 11 is 0. The van der Waals surface area contributed by atoms with Crippen LogP contribution in [0.15, 0.2) is 18.2 Å². The summed E-state index contributed by atoms with van der Waals surface area (Å²) in [7, 11) is 0. The quantitative estimate of drug-likeness (QED) is 0.860. The minimum atomic E-state index is 0. The van der Waals surface area contributed by atoms with Gasteiger partial charge in [0.25, 0.3) is 5.91 Å². The molecular formula is C15H23ClN2O. The van der Waals surface area contributed by atoms with Crippen LogP contribution in [-0.2, 0) is 0 Å². The lowest BCUT2D eigenvalue weighted by Crippen LogP contribution is -2.48. The van der Waals surface area contributed by atoms with Crippen molar-refractivity contribution in [2.24, 2.45) is 11.7 Å². The Kier molecular flexibility index (Phi) is 5.39. The Morgan fingerprint density at radius 2 is 2.00 bits per heavy atom. The number of nitrogens with two attached hydrogens (primary N) is 1. The molecule has 1 aliphatic rings. The topological polar surface area (TPSA) is 46.3 Å². The van der Waals surface area contributed by atoms with Crippen molar-refractivity contribution in [1.82, 2.24) is 4.90 Å². The number of carbonyl (C=O) groups is 1. The van der Waals surface area contributed by atoms with Crippen LogP contribution in [0.3, 0.4) is 0 Å². The number of piperidine rings is 1. The molecule has 1 fully saturated rings. The fourth-order valence-corrected chi connectivity index (χ4v) is 2.41. The summed E-state index contributed by atoms with van der Waals surface area (Å²) in [5.74, 6) is 0.520. The van der Waals surface area contributed by atoms with E-state index in [0.717, 1.165) is 25.1 Å². The SMILES string of the molecule is Cc1ccc(C(=O)N2CCC(N)C(C)C2)cc1C.Cl. The first-order valence-corrected chi connectivity index (χ1v) is 6.61. The Bertz CT molecular complexity index is 461. The van der Waals surface area contributed by atoms with Crippen molar-refractivity contribution in [1.29, 1.82) is 0 Å². The van der Waals surface area contributed by atoms with Crippen molar-refractivity contribution in [3.63, 3.8) is 0 Å². The lowest BCUT2D eigenvalue weighted by atomic mass is 9.94. The van der Waals surface area contributed by atoms with E-state index < -0.39 is 0 Å². The van der Waals surface area contributed by atoms with Crippen LogP contribution in [0.2, 0.25) is 0 Å². The maximum atomic E-state index is 12.4. The standard InChI is InChI=1S/C15H22N2O.ClH/c1-10-4-5-13(8-11(10)2)15(18)17-7-6-14(16)12(3)9-17;/h4-5,8,12,14H,6-7,9,16H2,1-3H3;1H. The van der Waals surface area contributed by atoms with Crippen LogP contribution in [0.5, 0.6) is 0 Å². The van der Waals surface area contributed by atoms with Crippen LogP contribution in [0.1, 0.15) is 34.8 Å². The van der Waals surface area contributed by atoms with Gasteiger partial charge in [-0.15, -0.1) is 12.4 Å². The van der Waals surface area contributed by atoms with Gasteiger partial charge in [-0.05, 0) is 49.4 Å². The van der Waals surface area contributed by atoms with Gasteiger partial charge in [0.1, 0.15) is 0 Å². The average molecular weight is 283 g/mol. The highest BCUT2D eigenvalue weighted by Crippen LogP contribution is 2.18. The molecule has 1 saturated heterocycles. The van der Waals surface area contributed by atoms with Gasteiger partial charge < -0.3 is 10.6 Å². The first kappa shape index (κ1) is 16.0. The Morgan fingerprint density at radius 3 is 2.58 bits per heavy atom. The molecule has 1 aliphatic heterocycles. The van der Waals surface area contributed by atoms with E-state index in [2.05, 4.69) is 13.8 Å². The number of benzene rings is 1. The molecule has 2 atom stereocenters. The summed E-state index contributed by atoms with van der Waals surface area (Å²) in [5.41, 5.74) is 9.17. The van der Waals surface area contributed by atoms with E-state index >= 15 is 0 Å². The number of rotatable bonds is 1. The molecule has 1 amide bonds. The van der Waals surface area contributed by atoms with Gasteiger partial charge >= 0.3 is 0 Å². The number of hydrogen-bond acceptors (Lipinski definition) is 2. The molecule has 2 rings (SSSR count). The summed E-state index contributed by atoms with van der Waals surface area (Å²) in [6, 6.07) is 6.15. The van der Waals surface area contributed by atoms with Crippen molar-refractivity contribution in [3.05, 3.63) is 34.9 Å². The molecule has 1 heterocycles. The third kappa shape index (κ3) is 3.48. The van der Waals surface area contributed by atoms with Gasteiger partial charge in [0.2, 0.25) is 0 Å². The van der Waals surface area contributed by atoms with Crippen molar-refractivity contribution < 1.29 is 4.79 Å². The largest absolute Gasteiger partial charge is 0.338 e. The van der Waals surface area contributed by atoms with Gasteiger partial charge in [0.05, 0.1) is 0 Å². The van der Waals surface area contributed by atoms with E-state index in [1.165, 1.54) is 11.1 Å². The molecule has 0 radical (unpaired) electrons. The first-order chi connectivity index (χ1) is 8.49. The van der Waals surface area contributed by atoms with Gasteiger partial charge in [-0.2, -0.15) is 0 Å². The van der Waals surface area contributed by atoms with Crippen LogP contribution in [0, 0.1) is 19.8 Å². The third-order valence-corrected chi connectivity index (χ3v) is 4.01. The van der Waals surface area contributed by atoms with Crippen LogP contribution in [-0.4, -0.2) is 29.9 Å². The minimum absolute atomic E-state index is 0. The highest BCUT2D eigenvalue weighted by molar-refractivity contribution is 5.94. The van der Waals surface area contributed by atoms with E-state index in [9.17, 15) is 4.79 Å². The second kappa shape index (κ2) is 6.40. The zero-order chi connectivity index (χ0) is 13.3. The molecule has 3 nitrogen and oxygen atoms in total. The second-order valence-electron chi connectivity index (χ2n) is 5.48. The third-order valence-electron chi connectivity index (χ3n) is 4.01. The minimum Gasteiger partial charge on any atom is -0.338 e. The summed E-state index contributed by atoms with van der Waals surface area (Å²) in [5, 5.41) is 0. The predicted molar refractivity (Wildman–Crippen MR) is 80.8 cm³/mol. The normalized spacial score (nSPS) is 22.8. The molecule has 19 heavy (non-hydrogen) atoms. The van der Waals surface area contributed by atoms with E-state index in [1.807, 2.05) is 30.0 Å². The average Bonchev–Trinajstić information content (AvgIpc) is 2.35. The molecule has 106 valence electrons. The van der Waals surface area contributed by atoms with Crippen molar-refractivity contribution in [2.45, 2.75) is 33.2 Å². The molecule has 0 saturated carbocycles. The molecule has 1 aromatic carbocycles. The molecule has 0 aliphatic carbocycles. The van der Waals surface area contributed by atoms with Crippen molar-refractivity contribution in [3.8, 4) is 0 Å². The number of nitrogens with zero attached hydrogens (tertiary/aromatic N) is 1. The van der Waals surface area contributed by atoms with Gasteiger partial charge in [0, 0.05) is 24.7 Å². The van der Waals surface area contributed by atoms with E-state index in [1.54, 1.807) is 0 Å². The number of carbonyl (C=O) groups excluding carboxylic acids is 1. The second-order valence-corrected chi connectivity index (χ2v) is 5.48. The molecule has 0 aromatic heterocycles. The van der Waals surface area contributed by atoms with E-state index in [0.29, 0.717) is 5.92 Å². The molecule has 0 spiro atoms. The fourth-order valence-electron chi connectivity index (χ4n) is 2.41. The number of hydrogen-bond donors (Lipinski definition) is 1. The lowest BCUT2D eigenvalue weighted by Gasteiger charge is -2.35. The van der Waals surface area contributed by atoms with Crippen molar-refractivity contribution >= 4 is 18.3 Å². The number of likely N-dealkylation sites (tertiary alicyclic amines) is 1. The van der Waals surface area contributed by atoms with Gasteiger partial charge in [-0.25, -0.2) is 0 Å². The fraction of sp³-hybridized carbons (Fsp3) is 0.533. The van der Waals surface area contributed by atoms with Crippen molar-refractivity contribution in [2.75, 3.05) is 13.1 Å². The highest BCUT2D eigenvalue weighted by Gasteiger charge is 2.26. The Hall–Kier alpha value is -1.06. The smallest absolute Gasteiger partial charge is 0.253 e. The van der Waals surface area contributed by atoms with Crippen LogP contribution >= 0.6 is 12.4 Å². The Morgan fingerprint density at radius 1 is 1.32 bits per heavy atom. The summed E-state index contributed by atoms with van der Waals surface area (Å²) in [6.45, 7) is 7.76. The lowest BCUT2D eigenvalue weighted by molar-refractivity contribution is 0.0664. The Balaban J connectivity index is 0.00000180. The molecule has 2 N–H and O–H groups in total. The molecule has 2 unspecified atom stereocenters. The van der Waals surface area contributed by atoms with Gasteiger partial charge in [-0.3, -0.25) is 4.79 Å². The van der Waals surface area contributed by atoms with Crippen LogP contribution in [0.4, 0.5) is 0 Å². The van der Waals surface area contributed by atoms with Crippen LogP contribution < -0.4 is 5.73 Å². The molecule has 0 bridgehead atoms. The number of aryl methyl sites for hydroxylation is 2. The highest BCUT2D eigenvalue weighted by atomic mass is 35.5. The maximum absolute atomic E-state index is 12.4. The van der Waals surface area contributed by atoms with Crippen LogP contribution in [0.25, 0.3) is 0 Å². The number of halogens is 1. The zero-order valence-electron chi connectivity index (χ0n) is 11.8. The van der Waals surface area contributed by atoms with Gasteiger partial charge in [0.15, 0.2) is 0 Å². The van der Waals surface area contributed by atoms with E-state index in [4.69, 9.17) is 5.73 Å². The van der Waals surface area contributed by atoms with Gasteiger partial charge in [-0.1, -0.05) is 13.0 Å². The monoisotopic (exact) mass is 282 g/mol. The summed E-state index contributed by atoms with van der Waals surface area (Å²) in [4.78, 5) is 14.3. The first-order valence-electron chi connectivity index (χ1n) is 6.61. The summed E-state index contributed by atoms with van der Waals surface area (Å²) in [6.07, 6.45) is 0.901. The molecular weight excluding hydrogens is 260 g/mol. The molecule has 4 heteroatoms. The van der Waals surface area contributed by atoms with E-state index in [-0.39, 0.29) is 24.4 Å². The molecule has 1 aromatic rings. The predicted octanol–water partition coefficient (Wildman–Crippen LogP) is 2.53. The summed E-state index contributed by atoms with van der Waals surface area (Å²) < 4.78 is 0.